The summed E-state index contributed by atoms with van der Waals surface area (Å²) in [5, 5.41) is 8.46. The maximum atomic E-state index is 13.3. The summed E-state index contributed by atoms with van der Waals surface area (Å²) < 4.78 is 13.3. The van der Waals surface area contributed by atoms with E-state index in [2.05, 4.69) is 35.9 Å². The second-order valence-corrected chi connectivity index (χ2v) is 5.79. The molecule has 2 aromatic heterocycles. The normalized spacial score (nSPS) is 11.8. The molecule has 0 radical (unpaired) electrons. The SMILES string of the molecule is CNC(=O)C(C)Nc1ncc2ncnc(Nc3ccc(F)c(Cl)c3)c2n1. The number of carbonyl (C=O) groups is 1. The second-order valence-electron chi connectivity index (χ2n) is 5.38. The standard InChI is InChI=1S/C16H15ClFN7O/c1-8(15(26)19-2)23-16-20-6-12-13(25-16)14(22-7-21-12)24-9-3-4-11(18)10(17)5-9/h3-8H,1-2H3,(H,19,26)(H,20,23,25)(H,21,22,24). The summed E-state index contributed by atoms with van der Waals surface area (Å²) in [4.78, 5) is 28.4. The number of anilines is 3. The monoisotopic (exact) mass is 375 g/mol. The van der Waals surface area contributed by atoms with Crippen LogP contribution in [0.1, 0.15) is 6.92 Å². The summed E-state index contributed by atoms with van der Waals surface area (Å²) in [5.41, 5.74) is 1.49. The Morgan fingerprint density at radius 3 is 2.81 bits per heavy atom. The lowest BCUT2D eigenvalue weighted by Gasteiger charge is -2.13. The lowest BCUT2D eigenvalue weighted by atomic mass is 10.3. The summed E-state index contributed by atoms with van der Waals surface area (Å²) in [5.74, 6) is -0.0571. The first-order chi connectivity index (χ1) is 12.5. The summed E-state index contributed by atoms with van der Waals surface area (Å²) in [6, 6.07) is 3.71. The van der Waals surface area contributed by atoms with Gasteiger partial charge in [0, 0.05) is 12.7 Å². The van der Waals surface area contributed by atoms with E-state index in [0.717, 1.165) is 0 Å². The molecule has 3 aromatic rings. The minimum absolute atomic E-state index is 0.00949. The average molecular weight is 376 g/mol. The van der Waals surface area contributed by atoms with Gasteiger partial charge in [-0.25, -0.2) is 24.3 Å². The first kappa shape index (κ1) is 17.7. The Morgan fingerprint density at radius 1 is 1.27 bits per heavy atom. The van der Waals surface area contributed by atoms with E-state index < -0.39 is 11.9 Å². The number of benzene rings is 1. The van der Waals surface area contributed by atoms with Gasteiger partial charge < -0.3 is 16.0 Å². The maximum absolute atomic E-state index is 13.3. The zero-order chi connectivity index (χ0) is 18.7. The van der Waals surface area contributed by atoms with Crippen molar-refractivity contribution in [2.45, 2.75) is 13.0 Å². The van der Waals surface area contributed by atoms with Gasteiger partial charge in [0.25, 0.3) is 0 Å². The van der Waals surface area contributed by atoms with E-state index in [4.69, 9.17) is 11.6 Å². The number of likely N-dealkylation sites (N-methyl/N-ethyl adjacent to an activating group) is 1. The van der Waals surface area contributed by atoms with Gasteiger partial charge in [-0.2, -0.15) is 0 Å². The summed E-state index contributed by atoms with van der Waals surface area (Å²) in [6.07, 6.45) is 2.88. The van der Waals surface area contributed by atoms with Crippen LogP contribution in [0.25, 0.3) is 11.0 Å². The van der Waals surface area contributed by atoms with Crippen molar-refractivity contribution in [1.82, 2.24) is 25.3 Å². The molecule has 0 aliphatic rings. The lowest BCUT2D eigenvalue weighted by Crippen LogP contribution is -2.35. The molecule has 1 aromatic carbocycles. The fraction of sp³-hybridized carbons (Fsp3) is 0.188. The van der Waals surface area contributed by atoms with Crippen LogP contribution in [0.3, 0.4) is 0 Å². The minimum atomic E-state index is -0.519. The Morgan fingerprint density at radius 2 is 2.08 bits per heavy atom. The summed E-state index contributed by atoms with van der Waals surface area (Å²) in [7, 11) is 1.55. The first-order valence-electron chi connectivity index (χ1n) is 7.66. The second kappa shape index (κ2) is 7.44. The molecule has 1 atom stereocenters. The Labute approximate surface area is 153 Å². The predicted molar refractivity (Wildman–Crippen MR) is 97.0 cm³/mol. The quantitative estimate of drug-likeness (QED) is 0.629. The summed E-state index contributed by atoms with van der Waals surface area (Å²) in [6.45, 7) is 1.69. The van der Waals surface area contributed by atoms with E-state index in [1.54, 1.807) is 14.0 Å². The Balaban J connectivity index is 1.93. The van der Waals surface area contributed by atoms with E-state index in [1.807, 2.05) is 0 Å². The fourth-order valence-corrected chi connectivity index (χ4v) is 2.38. The predicted octanol–water partition coefficient (Wildman–Crippen LogP) is 2.50. The zero-order valence-corrected chi connectivity index (χ0v) is 14.7. The van der Waals surface area contributed by atoms with Crippen molar-refractivity contribution < 1.29 is 9.18 Å². The molecule has 0 aliphatic heterocycles. The van der Waals surface area contributed by atoms with Gasteiger partial charge in [-0.05, 0) is 25.1 Å². The number of amides is 1. The third-order valence-corrected chi connectivity index (χ3v) is 3.83. The molecular formula is C16H15ClFN7O. The topological polar surface area (TPSA) is 105 Å². The number of fused-ring (bicyclic) bond motifs is 1. The van der Waals surface area contributed by atoms with E-state index in [9.17, 15) is 9.18 Å². The van der Waals surface area contributed by atoms with E-state index >= 15 is 0 Å². The number of nitrogens with zero attached hydrogens (tertiary/aromatic N) is 4. The number of nitrogens with one attached hydrogen (secondary N) is 3. The molecule has 3 N–H and O–H groups in total. The molecule has 10 heteroatoms. The molecule has 3 rings (SSSR count). The lowest BCUT2D eigenvalue weighted by molar-refractivity contribution is -0.121. The van der Waals surface area contributed by atoms with Crippen LogP contribution in [0.15, 0.2) is 30.7 Å². The Kier molecular flexibility index (Phi) is 5.08. The number of carbonyl (C=O) groups excluding carboxylic acids is 1. The summed E-state index contributed by atoms with van der Waals surface area (Å²) >= 11 is 5.80. The van der Waals surface area contributed by atoms with Gasteiger partial charge in [0.2, 0.25) is 11.9 Å². The Hall–Kier alpha value is -3.07. The third kappa shape index (κ3) is 3.77. The highest BCUT2D eigenvalue weighted by Gasteiger charge is 2.14. The largest absolute Gasteiger partial charge is 0.357 e. The van der Waals surface area contributed by atoms with Gasteiger partial charge in [-0.1, -0.05) is 11.6 Å². The van der Waals surface area contributed by atoms with Gasteiger partial charge >= 0.3 is 0 Å². The molecule has 1 amide bonds. The van der Waals surface area contributed by atoms with Crippen LogP contribution in [0, 0.1) is 5.82 Å². The molecule has 26 heavy (non-hydrogen) atoms. The van der Waals surface area contributed by atoms with Gasteiger partial charge in [0.05, 0.1) is 11.2 Å². The van der Waals surface area contributed by atoms with Crippen molar-refractivity contribution in [1.29, 1.82) is 0 Å². The molecule has 0 saturated carbocycles. The maximum Gasteiger partial charge on any atom is 0.242 e. The molecule has 0 bridgehead atoms. The van der Waals surface area contributed by atoms with Crippen LogP contribution in [-0.4, -0.2) is 38.9 Å². The number of hydrogen-bond acceptors (Lipinski definition) is 7. The average Bonchev–Trinajstić information content (AvgIpc) is 2.64. The van der Waals surface area contributed by atoms with E-state index in [-0.39, 0.29) is 16.9 Å². The van der Waals surface area contributed by atoms with Crippen molar-refractivity contribution in [3.63, 3.8) is 0 Å². The zero-order valence-electron chi connectivity index (χ0n) is 13.9. The number of rotatable bonds is 5. The van der Waals surface area contributed by atoms with Crippen molar-refractivity contribution >= 4 is 46.0 Å². The highest BCUT2D eigenvalue weighted by Crippen LogP contribution is 2.25. The van der Waals surface area contributed by atoms with Crippen LogP contribution < -0.4 is 16.0 Å². The third-order valence-electron chi connectivity index (χ3n) is 3.55. The Bertz CT molecular complexity index is 968. The molecule has 0 fully saturated rings. The van der Waals surface area contributed by atoms with Crippen molar-refractivity contribution in [2.75, 3.05) is 17.7 Å². The highest BCUT2D eigenvalue weighted by atomic mass is 35.5. The molecule has 2 heterocycles. The highest BCUT2D eigenvalue weighted by molar-refractivity contribution is 6.31. The molecule has 0 aliphatic carbocycles. The van der Waals surface area contributed by atoms with Crippen LogP contribution >= 0.6 is 11.6 Å². The molecular weight excluding hydrogens is 361 g/mol. The molecule has 0 spiro atoms. The smallest absolute Gasteiger partial charge is 0.242 e. The molecule has 134 valence electrons. The van der Waals surface area contributed by atoms with Crippen molar-refractivity contribution in [3.8, 4) is 0 Å². The van der Waals surface area contributed by atoms with Gasteiger partial charge in [0.1, 0.15) is 29.2 Å². The van der Waals surface area contributed by atoms with Crippen LogP contribution in [0.5, 0.6) is 0 Å². The fourth-order valence-electron chi connectivity index (χ4n) is 2.20. The van der Waals surface area contributed by atoms with Crippen molar-refractivity contribution in [2.24, 2.45) is 0 Å². The van der Waals surface area contributed by atoms with E-state index in [1.165, 1.54) is 30.7 Å². The van der Waals surface area contributed by atoms with Gasteiger partial charge in [0.15, 0.2) is 5.82 Å². The van der Waals surface area contributed by atoms with Gasteiger partial charge in [-0.15, -0.1) is 0 Å². The number of aromatic nitrogens is 4. The first-order valence-corrected chi connectivity index (χ1v) is 8.03. The molecule has 0 saturated heterocycles. The van der Waals surface area contributed by atoms with Crippen LogP contribution in [0.4, 0.5) is 21.8 Å². The number of halogens is 2. The number of hydrogen-bond donors (Lipinski definition) is 3. The van der Waals surface area contributed by atoms with Crippen molar-refractivity contribution in [3.05, 3.63) is 41.6 Å². The van der Waals surface area contributed by atoms with Gasteiger partial charge in [-0.3, -0.25) is 4.79 Å². The molecule has 1 unspecified atom stereocenters. The minimum Gasteiger partial charge on any atom is -0.357 e. The van der Waals surface area contributed by atoms with Crippen LogP contribution in [-0.2, 0) is 4.79 Å². The van der Waals surface area contributed by atoms with E-state index in [0.29, 0.717) is 22.5 Å². The molecule has 8 nitrogen and oxygen atoms in total. The van der Waals surface area contributed by atoms with Crippen LogP contribution in [0.2, 0.25) is 5.02 Å².